The molecule has 0 atom stereocenters. The molecule has 23 heavy (non-hydrogen) atoms. The van der Waals surface area contributed by atoms with Crippen molar-refractivity contribution in [1.29, 1.82) is 0 Å². The molecule has 118 valence electrons. The summed E-state index contributed by atoms with van der Waals surface area (Å²) in [6, 6.07) is 14.2. The molecule has 2 aromatic rings. The highest BCUT2D eigenvalue weighted by atomic mass is 16.5. The van der Waals surface area contributed by atoms with Crippen molar-refractivity contribution in [2.45, 2.75) is 0 Å². The van der Waals surface area contributed by atoms with Gasteiger partial charge in [0.1, 0.15) is 5.75 Å². The summed E-state index contributed by atoms with van der Waals surface area (Å²) >= 11 is 0. The normalized spacial score (nSPS) is 10.3. The molecule has 0 unspecified atom stereocenters. The fourth-order valence-electron chi connectivity index (χ4n) is 1.98. The first-order chi connectivity index (χ1) is 11.1. The van der Waals surface area contributed by atoms with Gasteiger partial charge in [0.25, 0.3) is 5.91 Å². The number of anilines is 1. The minimum absolute atomic E-state index is 0.144. The number of carbonyl (C=O) groups is 2. The van der Waals surface area contributed by atoms with Gasteiger partial charge >= 0.3 is 0 Å². The number of amides is 2. The van der Waals surface area contributed by atoms with Crippen LogP contribution in [-0.4, -0.2) is 26.0 Å². The largest absolute Gasteiger partial charge is 0.495 e. The van der Waals surface area contributed by atoms with E-state index in [0.717, 1.165) is 5.56 Å². The molecule has 0 saturated carbocycles. The van der Waals surface area contributed by atoms with Crippen LogP contribution in [0.5, 0.6) is 5.75 Å². The van der Waals surface area contributed by atoms with Gasteiger partial charge < -0.3 is 15.4 Å². The highest BCUT2D eigenvalue weighted by molar-refractivity contribution is 6.02. The molecule has 0 aliphatic carbocycles. The molecule has 0 aromatic heterocycles. The van der Waals surface area contributed by atoms with Crippen LogP contribution in [0.15, 0.2) is 54.6 Å². The molecular weight excluding hydrogens is 292 g/mol. The zero-order chi connectivity index (χ0) is 16.7. The Morgan fingerprint density at radius 3 is 2.39 bits per heavy atom. The number of nitrogens with one attached hydrogen (secondary N) is 2. The van der Waals surface area contributed by atoms with Crippen molar-refractivity contribution in [2.75, 3.05) is 19.5 Å². The van der Waals surface area contributed by atoms with Crippen molar-refractivity contribution in [3.63, 3.8) is 0 Å². The first-order valence-electron chi connectivity index (χ1n) is 7.08. The molecule has 0 bridgehead atoms. The number of para-hydroxylation sites is 2. The Kier molecular flexibility index (Phi) is 5.52. The zero-order valence-corrected chi connectivity index (χ0v) is 13.0. The van der Waals surface area contributed by atoms with Crippen LogP contribution >= 0.6 is 0 Å². The molecular formula is C18H18N2O3. The van der Waals surface area contributed by atoms with E-state index in [1.807, 2.05) is 12.1 Å². The third kappa shape index (κ3) is 4.44. The minimum atomic E-state index is -0.259. The van der Waals surface area contributed by atoms with Crippen LogP contribution in [0, 0.1) is 0 Å². The second-order valence-corrected chi connectivity index (χ2v) is 4.72. The summed E-state index contributed by atoms with van der Waals surface area (Å²) in [4.78, 5) is 23.4. The Labute approximate surface area is 135 Å². The van der Waals surface area contributed by atoms with E-state index in [2.05, 4.69) is 10.6 Å². The van der Waals surface area contributed by atoms with Crippen molar-refractivity contribution in [1.82, 2.24) is 5.32 Å². The minimum Gasteiger partial charge on any atom is -0.495 e. The van der Waals surface area contributed by atoms with Crippen LogP contribution in [0.3, 0.4) is 0 Å². The Balaban J connectivity index is 2.02. The summed E-state index contributed by atoms with van der Waals surface area (Å²) in [5.74, 6) is 0.198. The topological polar surface area (TPSA) is 67.4 Å². The Hall–Kier alpha value is -3.08. The number of hydrogen-bond acceptors (Lipinski definition) is 3. The Morgan fingerprint density at radius 1 is 1.04 bits per heavy atom. The molecule has 2 aromatic carbocycles. The van der Waals surface area contributed by atoms with Gasteiger partial charge in [0, 0.05) is 18.7 Å². The second kappa shape index (κ2) is 7.79. The predicted octanol–water partition coefficient (Wildman–Crippen LogP) is 2.71. The summed E-state index contributed by atoms with van der Waals surface area (Å²) < 4.78 is 5.18. The van der Waals surface area contributed by atoms with E-state index >= 15 is 0 Å². The molecule has 0 spiro atoms. The maximum absolute atomic E-state index is 12.0. The number of benzene rings is 2. The molecule has 0 aliphatic rings. The van der Waals surface area contributed by atoms with Crippen molar-refractivity contribution < 1.29 is 14.3 Å². The standard InChI is InChI=1S/C18H18N2O3/c1-19-18(22)14-10-7-13(8-11-14)9-12-17(21)20-15-5-3-4-6-16(15)23-2/h3-12H,1-2H3,(H,19,22)(H,20,21)/b12-9+. The first-order valence-corrected chi connectivity index (χ1v) is 7.08. The number of rotatable bonds is 5. The lowest BCUT2D eigenvalue weighted by atomic mass is 10.1. The zero-order valence-electron chi connectivity index (χ0n) is 13.0. The van der Waals surface area contributed by atoms with Gasteiger partial charge in [-0.25, -0.2) is 0 Å². The van der Waals surface area contributed by atoms with Gasteiger partial charge in [-0.1, -0.05) is 24.3 Å². The van der Waals surface area contributed by atoms with E-state index in [-0.39, 0.29) is 11.8 Å². The second-order valence-electron chi connectivity index (χ2n) is 4.72. The van der Waals surface area contributed by atoms with Gasteiger partial charge in [0.2, 0.25) is 5.91 Å². The van der Waals surface area contributed by atoms with E-state index in [1.54, 1.807) is 56.6 Å². The van der Waals surface area contributed by atoms with Gasteiger partial charge in [-0.2, -0.15) is 0 Å². The van der Waals surface area contributed by atoms with Crippen LogP contribution < -0.4 is 15.4 Å². The summed E-state index contributed by atoms with van der Waals surface area (Å²) in [6.45, 7) is 0. The molecule has 0 radical (unpaired) electrons. The molecule has 2 rings (SSSR count). The fourth-order valence-corrected chi connectivity index (χ4v) is 1.98. The number of carbonyl (C=O) groups excluding carboxylic acids is 2. The van der Waals surface area contributed by atoms with Crippen LogP contribution in [0.1, 0.15) is 15.9 Å². The number of hydrogen-bond donors (Lipinski definition) is 2. The van der Waals surface area contributed by atoms with E-state index < -0.39 is 0 Å². The molecule has 5 heteroatoms. The molecule has 0 heterocycles. The molecule has 5 nitrogen and oxygen atoms in total. The van der Waals surface area contributed by atoms with E-state index in [9.17, 15) is 9.59 Å². The highest BCUT2D eigenvalue weighted by Crippen LogP contribution is 2.22. The summed E-state index contributed by atoms with van der Waals surface area (Å²) in [6.07, 6.45) is 3.11. The highest BCUT2D eigenvalue weighted by Gasteiger charge is 2.04. The lowest BCUT2D eigenvalue weighted by Crippen LogP contribution is -2.17. The number of methoxy groups -OCH3 is 1. The van der Waals surface area contributed by atoms with Crippen LogP contribution in [0.4, 0.5) is 5.69 Å². The maximum atomic E-state index is 12.0. The van der Waals surface area contributed by atoms with Gasteiger partial charge in [-0.3, -0.25) is 9.59 Å². The smallest absolute Gasteiger partial charge is 0.251 e. The van der Waals surface area contributed by atoms with E-state index in [4.69, 9.17) is 4.74 Å². The van der Waals surface area contributed by atoms with Gasteiger partial charge in [-0.15, -0.1) is 0 Å². The lowest BCUT2D eigenvalue weighted by Gasteiger charge is -2.07. The van der Waals surface area contributed by atoms with Crippen LogP contribution in [0.25, 0.3) is 6.08 Å². The summed E-state index contributed by atoms with van der Waals surface area (Å²) in [5.41, 5.74) is 2.01. The molecule has 0 aliphatic heterocycles. The third-order valence-corrected chi connectivity index (χ3v) is 3.19. The van der Waals surface area contributed by atoms with Crippen LogP contribution in [-0.2, 0) is 4.79 Å². The van der Waals surface area contributed by atoms with E-state index in [0.29, 0.717) is 17.0 Å². The monoisotopic (exact) mass is 310 g/mol. The SMILES string of the molecule is CNC(=O)c1ccc(/C=C/C(=O)Nc2ccccc2OC)cc1. The van der Waals surface area contributed by atoms with Crippen molar-refractivity contribution in [3.05, 3.63) is 65.7 Å². The van der Waals surface area contributed by atoms with Crippen LogP contribution in [0.2, 0.25) is 0 Å². The fraction of sp³-hybridized carbons (Fsp3) is 0.111. The molecule has 2 N–H and O–H groups in total. The average Bonchev–Trinajstić information content (AvgIpc) is 2.60. The van der Waals surface area contributed by atoms with Gasteiger partial charge in [0.05, 0.1) is 12.8 Å². The number of ether oxygens (including phenoxy) is 1. The summed E-state index contributed by atoms with van der Waals surface area (Å²) in [5, 5.41) is 5.31. The van der Waals surface area contributed by atoms with Gasteiger partial charge in [-0.05, 0) is 35.9 Å². The Morgan fingerprint density at radius 2 is 1.74 bits per heavy atom. The Bertz CT molecular complexity index is 721. The quantitative estimate of drug-likeness (QED) is 0.834. The average molecular weight is 310 g/mol. The van der Waals surface area contributed by atoms with Crippen molar-refractivity contribution >= 4 is 23.6 Å². The third-order valence-electron chi connectivity index (χ3n) is 3.19. The lowest BCUT2D eigenvalue weighted by molar-refractivity contribution is -0.111. The molecule has 2 amide bonds. The van der Waals surface area contributed by atoms with Crippen molar-refractivity contribution in [2.24, 2.45) is 0 Å². The maximum Gasteiger partial charge on any atom is 0.251 e. The van der Waals surface area contributed by atoms with Gasteiger partial charge in [0.15, 0.2) is 0 Å². The first kappa shape index (κ1) is 16.3. The molecule has 0 saturated heterocycles. The summed E-state index contributed by atoms with van der Waals surface area (Å²) in [7, 11) is 3.13. The van der Waals surface area contributed by atoms with E-state index in [1.165, 1.54) is 6.08 Å². The van der Waals surface area contributed by atoms with Crippen molar-refractivity contribution in [3.8, 4) is 5.75 Å². The molecule has 0 fully saturated rings. The predicted molar refractivity (Wildman–Crippen MR) is 90.5 cm³/mol.